The summed E-state index contributed by atoms with van der Waals surface area (Å²) in [5.41, 5.74) is 1.91. The lowest BCUT2D eigenvalue weighted by Gasteiger charge is -2.11. The molecule has 3 aromatic rings. The molecule has 0 saturated heterocycles. The highest BCUT2D eigenvalue weighted by molar-refractivity contribution is 7.99. The van der Waals surface area contributed by atoms with Crippen LogP contribution >= 0.6 is 11.8 Å². The van der Waals surface area contributed by atoms with Gasteiger partial charge in [0.05, 0.1) is 36.3 Å². The number of amides is 1. The van der Waals surface area contributed by atoms with Crippen molar-refractivity contribution in [1.29, 1.82) is 5.26 Å². The Kier molecular flexibility index (Phi) is 6.81. The van der Waals surface area contributed by atoms with Gasteiger partial charge in [0.1, 0.15) is 0 Å². The Labute approximate surface area is 172 Å². The Morgan fingerprint density at radius 2 is 2.10 bits per heavy atom. The topological polar surface area (TPSA) is 106 Å². The second-order valence-electron chi connectivity index (χ2n) is 5.91. The number of hydrogen-bond donors (Lipinski definition) is 1. The predicted molar refractivity (Wildman–Crippen MR) is 110 cm³/mol. The van der Waals surface area contributed by atoms with Crippen molar-refractivity contribution in [2.24, 2.45) is 0 Å². The molecule has 2 aromatic heterocycles. The average molecular weight is 408 g/mol. The zero-order valence-corrected chi connectivity index (χ0v) is 16.9. The van der Waals surface area contributed by atoms with Crippen LogP contribution in [0.2, 0.25) is 0 Å². The highest BCUT2D eigenvalue weighted by Gasteiger charge is 2.19. The first-order valence-electron chi connectivity index (χ1n) is 9.03. The van der Waals surface area contributed by atoms with Crippen LogP contribution in [0.4, 0.5) is 5.69 Å². The number of para-hydroxylation sites is 1. The number of carbonyl (C=O) groups excluding carboxylic acids is 1. The van der Waals surface area contributed by atoms with Gasteiger partial charge in [-0.15, -0.1) is 22.0 Å². The Hall–Kier alpha value is -3.38. The number of nitriles is 1. The van der Waals surface area contributed by atoms with Gasteiger partial charge < -0.3 is 10.1 Å². The predicted octanol–water partition coefficient (Wildman–Crippen LogP) is 3.49. The van der Waals surface area contributed by atoms with Gasteiger partial charge in [0.25, 0.3) is 5.91 Å². The van der Waals surface area contributed by atoms with Gasteiger partial charge in [-0.3, -0.25) is 4.79 Å². The lowest BCUT2D eigenvalue weighted by Crippen LogP contribution is -2.15. The molecule has 8 nitrogen and oxygen atoms in total. The first kappa shape index (κ1) is 20.4. The quantitative estimate of drug-likeness (QED) is 0.449. The number of ether oxygens (including phenoxy) is 1. The van der Waals surface area contributed by atoms with E-state index in [1.807, 2.05) is 31.2 Å². The molecule has 9 heteroatoms. The summed E-state index contributed by atoms with van der Waals surface area (Å²) in [4.78, 5) is 13.9. The summed E-state index contributed by atoms with van der Waals surface area (Å²) in [5, 5.41) is 24.1. The summed E-state index contributed by atoms with van der Waals surface area (Å²) < 4.78 is 6.64. The number of nitrogens with zero attached hydrogens (tertiary/aromatic N) is 5. The number of thioether (sulfide) groups is 1. The fraction of sp³-hybridized carbons (Fsp3) is 0.250. The van der Waals surface area contributed by atoms with Crippen molar-refractivity contribution in [3.63, 3.8) is 0 Å². The van der Waals surface area contributed by atoms with Crippen molar-refractivity contribution in [3.8, 4) is 17.8 Å². The second-order valence-corrected chi connectivity index (χ2v) is 7.05. The molecule has 0 aliphatic rings. The Morgan fingerprint density at radius 1 is 1.28 bits per heavy atom. The van der Waals surface area contributed by atoms with Crippen LogP contribution in [0.25, 0.3) is 5.82 Å². The normalized spacial score (nSPS) is 10.4. The number of methoxy groups -OCH3 is 1. The fourth-order valence-electron chi connectivity index (χ4n) is 2.73. The molecule has 0 unspecified atom stereocenters. The molecule has 2 heterocycles. The largest absolute Gasteiger partial charge is 0.480 e. The van der Waals surface area contributed by atoms with Gasteiger partial charge in [-0.2, -0.15) is 10.4 Å². The summed E-state index contributed by atoms with van der Waals surface area (Å²) >= 11 is 1.54. The number of benzene rings is 1. The molecule has 0 saturated carbocycles. The molecular formula is C20H20N6O2S. The summed E-state index contributed by atoms with van der Waals surface area (Å²) in [7, 11) is 1.52. The van der Waals surface area contributed by atoms with Crippen LogP contribution in [0.5, 0.6) is 5.88 Å². The highest BCUT2D eigenvalue weighted by atomic mass is 32.2. The van der Waals surface area contributed by atoms with Crippen LogP contribution in [-0.4, -0.2) is 38.7 Å². The minimum atomic E-state index is -0.247. The van der Waals surface area contributed by atoms with E-state index in [1.54, 1.807) is 16.8 Å². The monoisotopic (exact) mass is 408 g/mol. The van der Waals surface area contributed by atoms with Crippen LogP contribution in [0, 0.1) is 11.3 Å². The number of carbonyl (C=O) groups is 1. The lowest BCUT2D eigenvalue weighted by molar-refractivity contribution is 0.102. The third kappa shape index (κ3) is 4.73. The van der Waals surface area contributed by atoms with Crippen LogP contribution < -0.4 is 10.1 Å². The molecule has 0 aliphatic heterocycles. The molecule has 3 rings (SSSR count). The van der Waals surface area contributed by atoms with Crippen molar-refractivity contribution in [3.05, 3.63) is 53.9 Å². The van der Waals surface area contributed by atoms with Crippen molar-refractivity contribution < 1.29 is 9.53 Å². The molecule has 0 fully saturated rings. The molecule has 29 heavy (non-hydrogen) atoms. The average Bonchev–Trinajstić information content (AvgIpc) is 3.19. The molecule has 0 aliphatic carbocycles. The van der Waals surface area contributed by atoms with Crippen LogP contribution in [0.1, 0.15) is 29.4 Å². The van der Waals surface area contributed by atoms with E-state index < -0.39 is 0 Å². The summed E-state index contributed by atoms with van der Waals surface area (Å²) in [6, 6.07) is 13.1. The first-order chi connectivity index (χ1) is 14.2. The molecule has 1 amide bonds. The minimum absolute atomic E-state index is 0.247. The van der Waals surface area contributed by atoms with Gasteiger partial charge in [-0.25, -0.2) is 4.68 Å². The molecule has 0 spiro atoms. The Balaban J connectivity index is 1.83. The van der Waals surface area contributed by atoms with E-state index in [0.29, 0.717) is 41.5 Å². The van der Waals surface area contributed by atoms with Crippen molar-refractivity contribution >= 4 is 23.4 Å². The van der Waals surface area contributed by atoms with Crippen molar-refractivity contribution in [2.45, 2.75) is 24.7 Å². The summed E-state index contributed by atoms with van der Waals surface area (Å²) in [6.07, 6.45) is 2.57. The SMILES string of the molecule is CCc1c(C(=O)Nc2ccccc2SCCC#N)cnn1-c1ccc(OC)nn1. The molecule has 148 valence electrons. The number of anilines is 1. The second kappa shape index (κ2) is 9.71. The van der Waals surface area contributed by atoms with E-state index in [4.69, 9.17) is 10.00 Å². The van der Waals surface area contributed by atoms with Crippen molar-refractivity contribution in [1.82, 2.24) is 20.0 Å². The molecule has 1 N–H and O–H groups in total. The minimum Gasteiger partial charge on any atom is -0.480 e. The molecule has 0 bridgehead atoms. The zero-order valence-electron chi connectivity index (χ0n) is 16.1. The van der Waals surface area contributed by atoms with Crippen molar-refractivity contribution in [2.75, 3.05) is 18.2 Å². The molecular weight excluding hydrogens is 388 g/mol. The maximum absolute atomic E-state index is 12.9. The van der Waals surface area contributed by atoms with Gasteiger partial charge in [-0.05, 0) is 24.6 Å². The van der Waals surface area contributed by atoms with Gasteiger partial charge in [0.2, 0.25) is 5.88 Å². The van der Waals surface area contributed by atoms with Gasteiger partial charge >= 0.3 is 0 Å². The maximum Gasteiger partial charge on any atom is 0.259 e. The first-order valence-corrected chi connectivity index (χ1v) is 10.0. The third-order valence-corrected chi connectivity index (χ3v) is 5.18. The van der Waals surface area contributed by atoms with E-state index in [9.17, 15) is 4.79 Å². The fourth-order valence-corrected chi connectivity index (χ4v) is 3.59. The Morgan fingerprint density at radius 3 is 2.79 bits per heavy atom. The van der Waals surface area contributed by atoms with Gasteiger partial charge in [-0.1, -0.05) is 19.1 Å². The van der Waals surface area contributed by atoms with Crippen LogP contribution in [0.15, 0.2) is 47.5 Å². The van der Waals surface area contributed by atoms with E-state index >= 15 is 0 Å². The third-order valence-electron chi connectivity index (χ3n) is 4.11. The zero-order chi connectivity index (χ0) is 20.6. The van der Waals surface area contributed by atoms with Crippen LogP contribution in [-0.2, 0) is 6.42 Å². The number of aromatic nitrogens is 4. The van der Waals surface area contributed by atoms with Gasteiger partial charge in [0.15, 0.2) is 5.82 Å². The molecule has 1 aromatic carbocycles. The van der Waals surface area contributed by atoms with Gasteiger partial charge in [0, 0.05) is 23.1 Å². The van der Waals surface area contributed by atoms with E-state index in [1.165, 1.54) is 25.1 Å². The van der Waals surface area contributed by atoms with Crippen LogP contribution in [0.3, 0.4) is 0 Å². The maximum atomic E-state index is 12.9. The lowest BCUT2D eigenvalue weighted by atomic mass is 10.2. The Bertz CT molecular complexity index is 1030. The van der Waals surface area contributed by atoms with E-state index in [0.717, 1.165) is 10.6 Å². The highest BCUT2D eigenvalue weighted by Crippen LogP contribution is 2.28. The summed E-state index contributed by atoms with van der Waals surface area (Å²) in [5.74, 6) is 1.33. The smallest absolute Gasteiger partial charge is 0.259 e. The molecule has 0 radical (unpaired) electrons. The summed E-state index contributed by atoms with van der Waals surface area (Å²) in [6.45, 7) is 1.95. The number of rotatable bonds is 8. The van der Waals surface area contributed by atoms with E-state index in [2.05, 4.69) is 26.7 Å². The van der Waals surface area contributed by atoms with E-state index in [-0.39, 0.29) is 5.91 Å². The standard InChI is InChI=1S/C20H20N6O2S/c1-3-16-14(13-22-26(16)18-9-10-19(28-2)25-24-18)20(27)23-15-7-4-5-8-17(15)29-12-6-11-21/h4-5,7-10,13H,3,6,12H2,1-2H3,(H,23,27). The molecule has 0 atom stereocenters. The number of hydrogen-bond acceptors (Lipinski definition) is 7. The number of nitrogens with one attached hydrogen (secondary N) is 1.